The van der Waals surface area contributed by atoms with Crippen LogP contribution in [0.3, 0.4) is 0 Å². The Labute approximate surface area is 118 Å². The maximum absolute atomic E-state index is 9.61. The van der Waals surface area contributed by atoms with Crippen molar-refractivity contribution in [3.8, 4) is 11.5 Å². The number of alkyl halides is 1. The molecular weight excluding hydrogens is 327 g/mol. The number of hydrogen-bond acceptors (Lipinski definition) is 2. The van der Waals surface area contributed by atoms with Crippen molar-refractivity contribution in [3.05, 3.63) is 23.8 Å². The molecule has 2 unspecified atom stereocenters. The molecule has 1 aromatic rings. The van der Waals surface area contributed by atoms with E-state index in [-0.39, 0.29) is 5.75 Å². The molecule has 0 spiro atoms. The third-order valence-corrected chi connectivity index (χ3v) is 3.52. The number of phenolic OH excluding ortho intramolecular Hbond substituents is 1. The molecule has 1 rings (SSSR count). The average molecular weight is 348 g/mol. The maximum atomic E-state index is 9.61. The molecule has 96 valence electrons. The molecule has 0 aliphatic rings. The lowest BCUT2D eigenvalue weighted by atomic mass is 9.85. The summed E-state index contributed by atoms with van der Waals surface area (Å²) in [5, 5.41) is 9.61. The molecule has 2 atom stereocenters. The molecule has 17 heavy (non-hydrogen) atoms. The standard InChI is InChI=1S/C14H21IO2/c1-9(2)12(7-10(3)15)11-5-6-13(16)14(8-11)17-4/h5-6,8-10,12,16H,7H2,1-4H3. The van der Waals surface area contributed by atoms with Crippen molar-refractivity contribution in [2.24, 2.45) is 5.92 Å². The zero-order valence-electron chi connectivity index (χ0n) is 10.9. The fourth-order valence-electron chi connectivity index (χ4n) is 2.07. The number of benzene rings is 1. The Hall–Kier alpha value is -0.450. The minimum atomic E-state index is 0.210. The Morgan fingerprint density at radius 1 is 1.29 bits per heavy atom. The van der Waals surface area contributed by atoms with Crippen LogP contribution >= 0.6 is 22.6 Å². The Kier molecular flexibility index (Phi) is 5.56. The summed E-state index contributed by atoms with van der Waals surface area (Å²) in [6.07, 6.45) is 1.14. The Morgan fingerprint density at radius 3 is 2.41 bits per heavy atom. The number of methoxy groups -OCH3 is 1. The highest BCUT2D eigenvalue weighted by molar-refractivity contribution is 14.1. The lowest BCUT2D eigenvalue weighted by molar-refractivity contribution is 0.371. The van der Waals surface area contributed by atoms with Crippen molar-refractivity contribution in [2.45, 2.75) is 37.0 Å². The molecule has 0 saturated heterocycles. The van der Waals surface area contributed by atoms with E-state index in [1.807, 2.05) is 12.1 Å². The summed E-state index contributed by atoms with van der Waals surface area (Å²) in [6, 6.07) is 5.68. The van der Waals surface area contributed by atoms with E-state index in [1.54, 1.807) is 13.2 Å². The van der Waals surface area contributed by atoms with E-state index in [4.69, 9.17) is 4.74 Å². The summed E-state index contributed by atoms with van der Waals surface area (Å²) in [7, 11) is 1.59. The average Bonchev–Trinajstić information content (AvgIpc) is 2.26. The van der Waals surface area contributed by atoms with Gasteiger partial charge in [-0.05, 0) is 36.0 Å². The van der Waals surface area contributed by atoms with Gasteiger partial charge in [0.1, 0.15) is 0 Å². The molecule has 0 aliphatic carbocycles. The molecule has 0 fully saturated rings. The van der Waals surface area contributed by atoms with Crippen LogP contribution in [0, 0.1) is 5.92 Å². The number of ether oxygens (including phenoxy) is 1. The normalized spacial score (nSPS) is 14.7. The van der Waals surface area contributed by atoms with Gasteiger partial charge < -0.3 is 9.84 Å². The van der Waals surface area contributed by atoms with Gasteiger partial charge in [-0.15, -0.1) is 0 Å². The van der Waals surface area contributed by atoms with Crippen LogP contribution in [0.4, 0.5) is 0 Å². The molecule has 0 heterocycles. The van der Waals surface area contributed by atoms with Gasteiger partial charge in [0.05, 0.1) is 7.11 Å². The fourth-order valence-corrected chi connectivity index (χ4v) is 2.62. The van der Waals surface area contributed by atoms with Crippen molar-refractivity contribution in [2.75, 3.05) is 7.11 Å². The SMILES string of the molecule is COc1cc(C(CC(C)I)C(C)C)ccc1O. The molecule has 0 aliphatic heterocycles. The van der Waals surface area contributed by atoms with Gasteiger partial charge in [-0.1, -0.05) is 49.4 Å². The van der Waals surface area contributed by atoms with Gasteiger partial charge in [-0.2, -0.15) is 0 Å². The molecule has 0 bridgehead atoms. The van der Waals surface area contributed by atoms with Gasteiger partial charge in [0.15, 0.2) is 11.5 Å². The smallest absolute Gasteiger partial charge is 0.160 e. The van der Waals surface area contributed by atoms with Crippen LogP contribution in [0.15, 0.2) is 18.2 Å². The van der Waals surface area contributed by atoms with Crippen LogP contribution in [0.25, 0.3) is 0 Å². The number of rotatable bonds is 5. The summed E-state index contributed by atoms with van der Waals surface area (Å²) in [5.41, 5.74) is 1.25. The topological polar surface area (TPSA) is 29.5 Å². The molecule has 0 radical (unpaired) electrons. The Balaban J connectivity index is 3.01. The zero-order chi connectivity index (χ0) is 13.0. The quantitative estimate of drug-likeness (QED) is 0.633. The van der Waals surface area contributed by atoms with Gasteiger partial charge in [0, 0.05) is 3.92 Å². The van der Waals surface area contributed by atoms with Crippen LogP contribution in [-0.2, 0) is 0 Å². The molecule has 3 heteroatoms. The van der Waals surface area contributed by atoms with Crippen LogP contribution in [0.1, 0.15) is 38.7 Å². The van der Waals surface area contributed by atoms with Gasteiger partial charge in [-0.3, -0.25) is 0 Å². The summed E-state index contributed by atoms with van der Waals surface area (Å²) in [5.74, 6) is 1.87. The Bertz CT molecular complexity index is 361. The van der Waals surface area contributed by atoms with Gasteiger partial charge >= 0.3 is 0 Å². The van der Waals surface area contributed by atoms with Crippen LogP contribution in [-0.4, -0.2) is 16.1 Å². The predicted octanol–water partition coefficient (Wildman–Crippen LogP) is 4.35. The first-order valence-electron chi connectivity index (χ1n) is 5.96. The van der Waals surface area contributed by atoms with E-state index in [1.165, 1.54) is 5.56 Å². The van der Waals surface area contributed by atoms with E-state index < -0.39 is 0 Å². The predicted molar refractivity (Wildman–Crippen MR) is 80.3 cm³/mol. The van der Waals surface area contributed by atoms with E-state index >= 15 is 0 Å². The zero-order valence-corrected chi connectivity index (χ0v) is 13.1. The minimum Gasteiger partial charge on any atom is -0.504 e. The number of halogens is 1. The first kappa shape index (κ1) is 14.6. The lowest BCUT2D eigenvalue weighted by Gasteiger charge is -2.23. The second-order valence-electron chi connectivity index (χ2n) is 4.80. The summed E-state index contributed by atoms with van der Waals surface area (Å²) >= 11 is 2.46. The van der Waals surface area contributed by atoms with Crippen LogP contribution in [0.5, 0.6) is 11.5 Å². The number of phenols is 1. The largest absolute Gasteiger partial charge is 0.504 e. The highest BCUT2D eigenvalue weighted by atomic mass is 127. The van der Waals surface area contributed by atoms with Crippen molar-refractivity contribution in [3.63, 3.8) is 0 Å². The van der Waals surface area contributed by atoms with E-state index in [0.29, 0.717) is 21.5 Å². The van der Waals surface area contributed by atoms with Crippen LogP contribution < -0.4 is 4.74 Å². The molecule has 1 aromatic carbocycles. The Morgan fingerprint density at radius 2 is 1.94 bits per heavy atom. The third kappa shape index (κ3) is 4.05. The van der Waals surface area contributed by atoms with E-state index in [9.17, 15) is 5.11 Å². The second-order valence-corrected chi connectivity index (χ2v) is 6.92. The highest BCUT2D eigenvalue weighted by Crippen LogP contribution is 2.36. The summed E-state index contributed by atoms with van der Waals surface area (Å²) in [4.78, 5) is 0. The minimum absolute atomic E-state index is 0.210. The molecule has 2 nitrogen and oxygen atoms in total. The third-order valence-electron chi connectivity index (χ3n) is 3.02. The molecule has 0 saturated carbocycles. The van der Waals surface area contributed by atoms with E-state index in [2.05, 4.69) is 43.4 Å². The first-order valence-corrected chi connectivity index (χ1v) is 7.21. The van der Waals surface area contributed by atoms with Crippen molar-refractivity contribution >= 4 is 22.6 Å². The highest BCUT2D eigenvalue weighted by Gasteiger charge is 2.19. The molecule has 0 amide bonds. The van der Waals surface area contributed by atoms with Crippen molar-refractivity contribution < 1.29 is 9.84 Å². The number of hydrogen-bond donors (Lipinski definition) is 1. The van der Waals surface area contributed by atoms with Gasteiger partial charge in [-0.25, -0.2) is 0 Å². The fraction of sp³-hybridized carbons (Fsp3) is 0.571. The van der Waals surface area contributed by atoms with Gasteiger partial charge in [0.25, 0.3) is 0 Å². The number of aromatic hydroxyl groups is 1. The monoisotopic (exact) mass is 348 g/mol. The van der Waals surface area contributed by atoms with Gasteiger partial charge in [0.2, 0.25) is 0 Å². The first-order chi connectivity index (χ1) is 7.95. The van der Waals surface area contributed by atoms with Crippen molar-refractivity contribution in [1.29, 1.82) is 0 Å². The second kappa shape index (κ2) is 6.47. The maximum Gasteiger partial charge on any atom is 0.160 e. The van der Waals surface area contributed by atoms with E-state index in [0.717, 1.165) is 6.42 Å². The molecule has 1 N–H and O–H groups in total. The summed E-state index contributed by atoms with van der Waals surface area (Å²) in [6.45, 7) is 6.71. The van der Waals surface area contributed by atoms with Crippen LogP contribution in [0.2, 0.25) is 0 Å². The molecular formula is C14H21IO2. The lowest BCUT2D eigenvalue weighted by Crippen LogP contribution is -2.11. The van der Waals surface area contributed by atoms with Crippen molar-refractivity contribution in [1.82, 2.24) is 0 Å². The summed E-state index contributed by atoms with van der Waals surface area (Å²) < 4.78 is 5.81. The molecule has 0 aromatic heterocycles.